The number of nitrogens with zero attached hydrogens (tertiary/aromatic N) is 1. The number of nitrogen functional groups attached to an aromatic ring is 1. The molecule has 13 heavy (non-hydrogen) atoms. The number of nitrogens with two attached hydrogens (primary N) is 1. The Balaban J connectivity index is 2.70. The fraction of sp³-hybridized carbons (Fsp3) is 0. The summed E-state index contributed by atoms with van der Waals surface area (Å²) in [6, 6.07) is 3.43. The third kappa shape index (κ3) is 1.44. The van der Waals surface area contributed by atoms with Crippen molar-refractivity contribution in [3.63, 3.8) is 0 Å². The molecule has 1 heterocycles. The summed E-state index contributed by atoms with van der Waals surface area (Å²) in [5.41, 5.74) is 3.45. The molecular weight excluding hydrogens is 213 g/mol. The van der Waals surface area contributed by atoms with Gasteiger partial charge in [-0.25, -0.2) is 5.84 Å². The molecule has 6 heteroatoms. The Bertz CT molecular complexity index is 415. The summed E-state index contributed by atoms with van der Waals surface area (Å²) in [6.45, 7) is 0. The summed E-state index contributed by atoms with van der Waals surface area (Å²) in [7, 11) is 0. The molecule has 0 amide bonds. The van der Waals surface area contributed by atoms with Gasteiger partial charge in [0.05, 0.1) is 10.0 Å². The van der Waals surface area contributed by atoms with Crippen molar-refractivity contribution in [2.24, 2.45) is 5.84 Å². The summed E-state index contributed by atoms with van der Waals surface area (Å²) >= 11 is 11.5. The van der Waals surface area contributed by atoms with Gasteiger partial charge in [0, 0.05) is 6.07 Å². The molecule has 0 unspecified atom stereocenters. The van der Waals surface area contributed by atoms with Gasteiger partial charge >= 0.3 is 6.01 Å². The minimum Gasteiger partial charge on any atom is -0.423 e. The van der Waals surface area contributed by atoms with E-state index in [-0.39, 0.29) is 6.01 Å². The van der Waals surface area contributed by atoms with Gasteiger partial charge in [0.2, 0.25) is 0 Å². The number of hydrogen-bond donors (Lipinski definition) is 2. The van der Waals surface area contributed by atoms with Crippen molar-refractivity contribution in [3.05, 3.63) is 22.2 Å². The average Bonchev–Trinajstić information content (AvgIpc) is 2.48. The smallest absolute Gasteiger partial charge is 0.310 e. The minimum atomic E-state index is 0.230. The first kappa shape index (κ1) is 8.62. The van der Waals surface area contributed by atoms with Crippen LogP contribution in [0.1, 0.15) is 0 Å². The summed E-state index contributed by atoms with van der Waals surface area (Å²) in [5, 5.41) is 0.861. The van der Waals surface area contributed by atoms with Crippen molar-refractivity contribution < 1.29 is 4.42 Å². The van der Waals surface area contributed by atoms with Gasteiger partial charge in [0.15, 0.2) is 5.58 Å². The van der Waals surface area contributed by atoms with Gasteiger partial charge in [-0.1, -0.05) is 23.2 Å². The zero-order valence-corrected chi connectivity index (χ0v) is 7.86. The van der Waals surface area contributed by atoms with Crippen molar-refractivity contribution in [1.29, 1.82) is 0 Å². The van der Waals surface area contributed by atoms with Crippen LogP contribution in [0.5, 0.6) is 0 Å². The highest BCUT2D eigenvalue weighted by atomic mass is 35.5. The van der Waals surface area contributed by atoms with Crippen molar-refractivity contribution in [2.45, 2.75) is 0 Å². The fourth-order valence-electron chi connectivity index (χ4n) is 0.985. The Labute approximate surface area is 83.6 Å². The van der Waals surface area contributed by atoms with Crippen LogP contribution in [0, 0.1) is 0 Å². The van der Waals surface area contributed by atoms with Crippen LogP contribution in [0.15, 0.2) is 16.5 Å². The molecule has 0 aliphatic heterocycles. The number of nitrogens with one attached hydrogen (secondary N) is 1. The first-order chi connectivity index (χ1) is 6.20. The second-order valence-electron chi connectivity index (χ2n) is 2.40. The monoisotopic (exact) mass is 217 g/mol. The van der Waals surface area contributed by atoms with Crippen LogP contribution in [0.2, 0.25) is 10.0 Å². The second-order valence-corrected chi connectivity index (χ2v) is 3.21. The number of oxazole rings is 1. The Hall–Kier alpha value is -0.970. The maximum absolute atomic E-state index is 5.77. The van der Waals surface area contributed by atoms with Gasteiger partial charge < -0.3 is 4.42 Å². The van der Waals surface area contributed by atoms with Crippen LogP contribution in [0.4, 0.5) is 6.01 Å². The molecule has 3 N–H and O–H groups in total. The van der Waals surface area contributed by atoms with Crippen LogP contribution in [-0.4, -0.2) is 4.98 Å². The van der Waals surface area contributed by atoms with E-state index < -0.39 is 0 Å². The van der Waals surface area contributed by atoms with Gasteiger partial charge in [-0.3, -0.25) is 5.43 Å². The molecule has 0 aliphatic rings. The van der Waals surface area contributed by atoms with E-state index >= 15 is 0 Å². The quantitative estimate of drug-likeness (QED) is 0.569. The second kappa shape index (κ2) is 3.06. The summed E-state index contributed by atoms with van der Waals surface area (Å²) in [4.78, 5) is 3.99. The zero-order chi connectivity index (χ0) is 9.42. The van der Waals surface area contributed by atoms with Crippen LogP contribution >= 0.6 is 23.2 Å². The van der Waals surface area contributed by atoms with Gasteiger partial charge in [0.1, 0.15) is 5.52 Å². The summed E-state index contributed by atoms with van der Waals surface area (Å²) in [5.74, 6) is 5.12. The van der Waals surface area contributed by atoms with E-state index in [1.165, 1.54) is 0 Å². The molecule has 4 nitrogen and oxygen atoms in total. The van der Waals surface area contributed by atoms with E-state index in [4.69, 9.17) is 33.5 Å². The van der Waals surface area contributed by atoms with Gasteiger partial charge in [-0.2, -0.15) is 4.98 Å². The Morgan fingerprint density at radius 2 is 2.00 bits per heavy atom. The lowest BCUT2D eigenvalue weighted by Crippen LogP contribution is -2.06. The van der Waals surface area contributed by atoms with E-state index in [1.807, 2.05) is 0 Å². The zero-order valence-electron chi connectivity index (χ0n) is 6.34. The maximum atomic E-state index is 5.77. The largest absolute Gasteiger partial charge is 0.423 e. The molecule has 0 saturated carbocycles. The minimum absolute atomic E-state index is 0.230. The van der Waals surface area contributed by atoms with E-state index in [0.717, 1.165) is 0 Å². The first-order valence-corrected chi connectivity index (χ1v) is 4.18. The van der Waals surface area contributed by atoms with Gasteiger partial charge in [0.25, 0.3) is 0 Å². The highest BCUT2D eigenvalue weighted by Gasteiger charge is 2.07. The molecule has 0 atom stereocenters. The topological polar surface area (TPSA) is 64.1 Å². The molecule has 0 aliphatic carbocycles. The van der Waals surface area contributed by atoms with E-state index in [1.54, 1.807) is 12.1 Å². The number of hydrogen-bond acceptors (Lipinski definition) is 4. The number of aromatic nitrogens is 1. The Morgan fingerprint density at radius 1 is 1.31 bits per heavy atom. The number of hydrazine groups is 1. The summed E-state index contributed by atoms with van der Waals surface area (Å²) in [6.07, 6.45) is 0. The first-order valence-electron chi connectivity index (χ1n) is 3.43. The van der Waals surface area contributed by atoms with Crippen molar-refractivity contribution >= 4 is 40.3 Å². The number of rotatable bonds is 1. The van der Waals surface area contributed by atoms with E-state index in [0.29, 0.717) is 21.1 Å². The highest BCUT2D eigenvalue weighted by molar-refractivity contribution is 6.42. The SMILES string of the molecule is NNc1nc2cc(Cl)c(Cl)cc2o1. The van der Waals surface area contributed by atoms with Crippen molar-refractivity contribution in [2.75, 3.05) is 5.43 Å². The highest BCUT2D eigenvalue weighted by Crippen LogP contribution is 2.28. The van der Waals surface area contributed by atoms with Gasteiger partial charge in [-0.05, 0) is 6.07 Å². The van der Waals surface area contributed by atoms with Crippen LogP contribution < -0.4 is 11.3 Å². The standard InChI is InChI=1S/C7H5Cl2N3O/c8-3-1-5-6(2-4(3)9)13-7(11-5)12-10/h1-2H,10H2,(H,11,12). The average molecular weight is 218 g/mol. The third-order valence-corrected chi connectivity index (χ3v) is 2.28. The van der Waals surface area contributed by atoms with E-state index in [2.05, 4.69) is 10.4 Å². The molecule has 68 valence electrons. The molecule has 1 aromatic carbocycles. The maximum Gasteiger partial charge on any atom is 0.310 e. The predicted molar refractivity (Wildman–Crippen MR) is 51.8 cm³/mol. The normalized spacial score (nSPS) is 10.7. The molecule has 0 bridgehead atoms. The molecule has 2 aromatic rings. The fourth-order valence-corrected chi connectivity index (χ4v) is 1.30. The van der Waals surface area contributed by atoms with Crippen molar-refractivity contribution in [1.82, 2.24) is 4.98 Å². The number of anilines is 1. The van der Waals surface area contributed by atoms with Crippen LogP contribution in [-0.2, 0) is 0 Å². The predicted octanol–water partition coefficient (Wildman–Crippen LogP) is 2.42. The number of halogens is 2. The summed E-state index contributed by atoms with van der Waals surface area (Å²) < 4.78 is 5.16. The lowest BCUT2D eigenvalue weighted by atomic mass is 10.3. The van der Waals surface area contributed by atoms with Crippen molar-refractivity contribution in [3.8, 4) is 0 Å². The molecule has 0 radical (unpaired) electrons. The number of benzene rings is 1. The third-order valence-electron chi connectivity index (χ3n) is 1.55. The Morgan fingerprint density at radius 3 is 2.69 bits per heavy atom. The molecule has 2 rings (SSSR count). The molecule has 0 saturated heterocycles. The lowest BCUT2D eigenvalue weighted by Gasteiger charge is -1.91. The lowest BCUT2D eigenvalue weighted by molar-refractivity contribution is 0.617. The van der Waals surface area contributed by atoms with Gasteiger partial charge in [-0.15, -0.1) is 0 Å². The number of fused-ring (bicyclic) bond motifs is 1. The molecule has 0 fully saturated rings. The van der Waals surface area contributed by atoms with Crippen LogP contribution in [0.25, 0.3) is 11.1 Å². The van der Waals surface area contributed by atoms with E-state index in [9.17, 15) is 0 Å². The molecule has 0 spiro atoms. The Kier molecular flexibility index (Phi) is 2.03. The molecule has 1 aromatic heterocycles. The molecular formula is C7H5Cl2N3O. The van der Waals surface area contributed by atoms with Crippen LogP contribution in [0.3, 0.4) is 0 Å².